The lowest BCUT2D eigenvalue weighted by Gasteiger charge is -2.16. The van der Waals surface area contributed by atoms with Crippen molar-refractivity contribution >= 4 is 17.3 Å². The van der Waals surface area contributed by atoms with Crippen LogP contribution in [0.4, 0.5) is 11.4 Å². The smallest absolute Gasteiger partial charge is 0.328 e. The lowest BCUT2D eigenvalue weighted by atomic mass is 10.2. The monoisotopic (exact) mass is 298 g/mol. The molecule has 1 atom stereocenters. The summed E-state index contributed by atoms with van der Waals surface area (Å²) in [7, 11) is 1.37. The molecule has 2 N–H and O–H groups in total. The van der Waals surface area contributed by atoms with E-state index < -0.39 is 16.9 Å². The molecule has 8 nitrogen and oxygen atoms in total. The van der Waals surface area contributed by atoms with Crippen LogP contribution >= 0.6 is 0 Å². The third kappa shape index (κ3) is 5.27. The molecule has 1 aromatic rings. The number of ether oxygens (including phenoxy) is 2. The summed E-state index contributed by atoms with van der Waals surface area (Å²) in [5.41, 5.74) is 0.0986. The topological polar surface area (TPSA) is 111 Å². The molecule has 0 bridgehead atoms. The summed E-state index contributed by atoms with van der Waals surface area (Å²) in [6.45, 7) is 3.51. The number of anilines is 1. The minimum atomic E-state index is -1.12. The van der Waals surface area contributed by atoms with Gasteiger partial charge in [0, 0.05) is 24.9 Å². The van der Waals surface area contributed by atoms with Crippen molar-refractivity contribution in [2.45, 2.75) is 26.0 Å². The van der Waals surface area contributed by atoms with Gasteiger partial charge >= 0.3 is 5.97 Å². The Balaban J connectivity index is 3.06. The molecule has 0 aliphatic heterocycles. The van der Waals surface area contributed by atoms with Crippen LogP contribution in [-0.2, 0) is 9.53 Å². The number of methoxy groups -OCH3 is 1. The van der Waals surface area contributed by atoms with Gasteiger partial charge in [-0.3, -0.25) is 10.1 Å². The highest BCUT2D eigenvalue weighted by atomic mass is 16.6. The molecule has 21 heavy (non-hydrogen) atoms. The van der Waals surface area contributed by atoms with E-state index in [1.165, 1.54) is 25.3 Å². The number of nitrogens with zero attached hydrogens (tertiary/aromatic N) is 1. The summed E-state index contributed by atoms with van der Waals surface area (Å²) in [5, 5.41) is 22.6. The molecule has 0 spiro atoms. The van der Waals surface area contributed by atoms with Gasteiger partial charge < -0.3 is 19.9 Å². The molecule has 0 aliphatic carbocycles. The molecule has 0 aromatic heterocycles. The van der Waals surface area contributed by atoms with Gasteiger partial charge in [-0.2, -0.15) is 0 Å². The fourth-order valence-corrected chi connectivity index (χ4v) is 1.65. The number of carboxylic acids is 1. The fourth-order valence-electron chi connectivity index (χ4n) is 1.65. The quantitative estimate of drug-likeness (QED) is 0.557. The number of nitrogens with one attached hydrogen (secondary N) is 1. The molecule has 1 rings (SSSR count). The van der Waals surface area contributed by atoms with Crippen molar-refractivity contribution in [3.8, 4) is 5.75 Å². The Labute approximate surface area is 121 Å². The first-order valence-corrected chi connectivity index (χ1v) is 6.28. The predicted molar refractivity (Wildman–Crippen MR) is 75.8 cm³/mol. The molecular formula is C13H18N2O6. The van der Waals surface area contributed by atoms with Crippen LogP contribution in [0.5, 0.6) is 5.75 Å². The number of rotatable bonds is 8. The minimum Gasteiger partial charge on any atom is -0.491 e. The lowest BCUT2D eigenvalue weighted by molar-refractivity contribution is -0.384. The van der Waals surface area contributed by atoms with Gasteiger partial charge in [0.2, 0.25) is 0 Å². The van der Waals surface area contributed by atoms with Crippen molar-refractivity contribution < 1.29 is 24.3 Å². The van der Waals surface area contributed by atoms with Gasteiger partial charge in [0.15, 0.2) is 0 Å². The van der Waals surface area contributed by atoms with E-state index >= 15 is 0 Å². The molecular weight excluding hydrogens is 280 g/mol. The largest absolute Gasteiger partial charge is 0.491 e. The molecule has 1 aromatic carbocycles. The van der Waals surface area contributed by atoms with Crippen LogP contribution in [0, 0.1) is 10.1 Å². The highest BCUT2D eigenvalue weighted by Gasteiger charge is 2.19. The van der Waals surface area contributed by atoms with Crippen LogP contribution in [-0.4, -0.2) is 41.9 Å². The molecule has 0 saturated heterocycles. The minimum absolute atomic E-state index is 0.0710. The number of nitro benzene ring substituents is 1. The Morgan fingerprint density at radius 1 is 1.43 bits per heavy atom. The van der Waals surface area contributed by atoms with E-state index in [1.807, 2.05) is 0 Å². The van der Waals surface area contributed by atoms with E-state index in [9.17, 15) is 14.9 Å². The maximum atomic E-state index is 11.1. The Morgan fingerprint density at radius 3 is 2.57 bits per heavy atom. The number of benzene rings is 1. The first-order chi connectivity index (χ1) is 9.83. The van der Waals surface area contributed by atoms with Crippen molar-refractivity contribution in [2.24, 2.45) is 0 Å². The number of hydrogen-bond donors (Lipinski definition) is 2. The van der Waals surface area contributed by atoms with Gasteiger partial charge in [0.05, 0.1) is 23.7 Å². The zero-order chi connectivity index (χ0) is 16.0. The van der Waals surface area contributed by atoms with E-state index in [4.69, 9.17) is 14.6 Å². The van der Waals surface area contributed by atoms with E-state index in [-0.39, 0.29) is 24.1 Å². The van der Waals surface area contributed by atoms with Crippen molar-refractivity contribution in [1.29, 1.82) is 0 Å². The van der Waals surface area contributed by atoms with Gasteiger partial charge in [-0.15, -0.1) is 0 Å². The third-order valence-corrected chi connectivity index (χ3v) is 2.45. The summed E-state index contributed by atoms with van der Waals surface area (Å²) < 4.78 is 10.2. The van der Waals surface area contributed by atoms with Gasteiger partial charge in [-0.05, 0) is 13.8 Å². The molecule has 1 unspecified atom stereocenters. The maximum absolute atomic E-state index is 11.1. The fraction of sp³-hybridized carbons (Fsp3) is 0.462. The third-order valence-electron chi connectivity index (χ3n) is 2.45. The summed E-state index contributed by atoms with van der Waals surface area (Å²) in [4.78, 5) is 21.4. The Kier molecular flexibility index (Phi) is 5.92. The number of carboxylic acid groups (broad SMARTS) is 1. The Bertz CT molecular complexity index is 517. The standard InChI is InChI=1S/C13H18N2O6/c1-8(2)21-11-5-9(4-10(6-11)15(18)19)14-12(7-20-3)13(16)17/h4-6,8,12,14H,7H2,1-3H3,(H,16,17). The number of aliphatic carboxylic acids is 1. The Hall–Kier alpha value is -2.35. The van der Waals surface area contributed by atoms with E-state index in [2.05, 4.69) is 5.32 Å². The van der Waals surface area contributed by atoms with Crippen LogP contribution in [0.25, 0.3) is 0 Å². The van der Waals surface area contributed by atoms with E-state index in [1.54, 1.807) is 13.8 Å². The van der Waals surface area contributed by atoms with Crippen molar-refractivity contribution in [2.75, 3.05) is 19.0 Å². The molecule has 0 aliphatic rings. The van der Waals surface area contributed by atoms with Crippen LogP contribution in [0.1, 0.15) is 13.8 Å². The average Bonchev–Trinajstić information content (AvgIpc) is 2.36. The normalized spacial score (nSPS) is 12.0. The molecule has 8 heteroatoms. The van der Waals surface area contributed by atoms with Crippen molar-refractivity contribution in [3.05, 3.63) is 28.3 Å². The van der Waals surface area contributed by atoms with Crippen molar-refractivity contribution in [3.63, 3.8) is 0 Å². The van der Waals surface area contributed by atoms with Gasteiger partial charge in [0.25, 0.3) is 5.69 Å². The van der Waals surface area contributed by atoms with Gasteiger partial charge in [-0.1, -0.05) is 0 Å². The van der Waals surface area contributed by atoms with Crippen LogP contribution in [0.2, 0.25) is 0 Å². The number of nitro groups is 1. The van der Waals surface area contributed by atoms with Crippen LogP contribution in [0.15, 0.2) is 18.2 Å². The second-order valence-corrected chi connectivity index (χ2v) is 4.63. The zero-order valence-electron chi connectivity index (χ0n) is 12.0. The van der Waals surface area contributed by atoms with Gasteiger partial charge in [0.1, 0.15) is 11.8 Å². The molecule has 0 radical (unpaired) electrons. The second-order valence-electron chi connectivity index (χ2n) is 4.63. The molecule has 0 fully saturated rings. The summed E-state index contributed by atoms with van der Waals surface area (Å²) >= 11 is 0. The SMILES string of the molecule is COCC(Nc1cc(OC(C)C)cc([N+](=O)[O-])c1)C(=O)O. The molecule has 0 amide bonds. The first kappa shape index (κ1) is 16.7. The molecule has 0 saturated carbocycles. The zero-order valence-corrected chi connectivity index (χ0v) is 12.0. The van der Waals surface area contributed by atoms with E-state index in [0.29, 0.717) is 5.75 Å². The van der Waals surface area contributed by atoms with Crippen molar-refractivity contribution in [1.82, 2.24) is 0 Å². The number of hydrogen-bond acceptors (Lipinski definition) is 6. The van der Waals surface area contributed by atoms with E-state index in [0.717, 1.165) is 0 Å². The maximum Gasteiger partial charge on any atom is 0.328 e. The Morgan fingerprint density at radius 2 is 2.10 bits per heavy atom. The van der Waals surface area contributed by atoms with Crippen LogP contribution in [0.3, 0.4) is 0 Å². The summed E-state index contributed by atoms with van der Waals surface area (Å²) in [5.74, 6) is -0.821. The number of non-ortho nitro benzene ring substituents is 1. The summed E-state index contributed by atoms with van der Waals surface area (Å²) in [6.07, 6.45) is -0.158. The molecule has 0 heterocycles. The van der Waals surface area contributed by atoms with Crippen LogP contribution < -0.4 is 10.1 Å². The predicted octanol–water partition coefficient (Wildman–Crippen LogP) is 1.89. The summed E-state index contributed by atoms with van der Waals surface area (Å²) in [6, 6.07) is 3.04. The first-order valence-electron chi connectivity index (χ1n) is 6.28. The van der Waals surface area contributed by atoms with Gasteiger partial charge in [-0.25, -0.2) is 4.79 Å². The highest BCUT2D eigenvalue weighted by molar-refractivity contribution is 5.78. The second kappa shape index (κ2) is 7.44. The highest BCUT2D eigenvalue weighted by Crippen LogP contribution is 2.27. The number of carbonyl (C=O) groups is 1. The average molecular weight is 298 g/mol. The molecule has 116 valence electrons. The lowest BCUT2D eigenvalue weighted by Crippen LogP contribution is -2.33.